The number of rotatable bonds is 2. The number of aromatic nitrogens is 2. The van der Waals surface area contributed by atoms with Gasteiger partial charge < -0.3 is 0 Å². The van der Waals surface area contributed by atoms with Crippen LogP contribution in [0.1, 0.15) is 12.5 Å². The van der Waals surface area contributed by atoms with Crippen molar-refractivity contribution in [3.8, 4) is 10.6 Å². The average Bonchev–Trinajstić information content (AvgIpc) is 2.61. The van der Waals surface area contributed by atoms with Gasteiger partial charge in [-0.2, -0.15) is 0 Å². The summed E-state index contributed by atoms with van der Waals surface area (Å²) in [4.78, 5) is 9.52. The van der Waals surface area contributed by atoms with Gasteiger partial charge in [-0.1, -0.05) is 39.8 Å². The minimum atomic E-state index is 0.932. The molecule has 0 atom stereocenters. The monoisotopic (exact) mass is 240 g/mol. The highest BCUT2D eigenvalue weighted by Gasteiger charge is 2.09. The Kier molecular flexibility index (Phi) is 3.00. The zero-order chi connectivity index (χ0) is 9.97. The van der Waals surface area contributed by atoms with E-state index in [-0.39, 0.29) is 0 Å². The first-order valence-corrected chi connectivity index (χ1v) is 6.77. The Hall–Kier alpha value is -0.650. The maximum atomic E-state index is 5.25. The molecule has 0 aliphatic rings. The van der Waals surface area contributed by atoms with E-state index in [1.54, 1.807) is 39.3 Å². The van der Waals surface area contributed by atoms with Gasteiger partial charge in [0.25, 0.3) is 0 Å². The minimum Gasteiger partial charge on any atom is -0.261 e. The first-order chi connectivity index (χ1) is 6.83. The molecule has 0 saturated carbocycles. The molecule has 0 unspecified atom stereocenters. The van der Waals surface area contributed by atoms with Gasteiger partial charge in [0, 0.05) is 18.0 Å². The van der Waals surface area contributed by atoms with Crippen molar-refractivity contribution < 1.29 is 0 Å². The first kappa shape index (κ1) is 9.89. The highest BCUT2D eigenvalue weighted by Crippen LogP contribution is 2.33. The number of hydrogen-bond acceptors (Lipinski definition) is 5. The summed E-state index contributed by atoms with van der Waals surface area (Å²) in [6.07, 6.45) is 6.14. The highest BCUT2D eigenvalue weighted by atomic mass is 32.9. The van der Waals surface area contributed by atoms with Crippen molar-refractivity contribution in [3.63, 3.8) is 0 Å². The molecule has 0 spiro atoms. The largest absolute Gasteiger partial charge is 0.261 e. The molecule has 2 nitrogen and oxygen atoms in total. The zero-order valence-corrected chi connectivity index (χ0v) is 10.0. The summed E-state index contributed by atoms with van der Waals surface area (Å²) >= 11 is 5.25. The molecule has 14 heavy (non-hydrogen) atoms. The SMILES string of the molecule is CCc1c(-c2cnccn2)ssc1=S. The lowest BCUT2D eigenvalue weighted by Crippen LogP contribution is -1.85. The van der Waals surface area contributed by atoms with Gasteiger partial charge in [0.2, 0.25) is 0 Å². The molecule has 0 radical (unpaired) electrons. The molecule has 5 heteroatoms. The van der Waals surface area contributed by atoms with Crippen LogP contribution in [0.25, 0.3) is 10.6 Å². The fourth-order valence-electron chi connectivity index (χ4n) is 1.19. The van der Waals surface area contributed by atoms with Crippen LogP contribution in [-0.2, 0) is 6.42 Å². The summed E-state index contributed by atoms with van der Waals surface area (Å²) in [5.41, 5.74) is 2.16. The van der Waals surface area contributed by atoms with Crippen molar-refractivity contribution in [2.45, 2.75) is 13.3 Å². The van der Waals surface area contributed by atoms with Gasteiger partial charge in [0.1, 0.15) is 3.82 Å². The average molecular weight is 240 g/mol. The first-order valence-electron chi connectivity index (χ1n) is 4.21. The molecule has 2 aromatic rings. The van der Waals surface area contributed by atoms with Crippen LogP contribution >= 0.6 is 32.9 Å². The third-order valence-electron chi connectivity index (χ3n) is 1.87. The fraction of sp³-hybridized carbons (Fsp3) is 0.222. The van der Waals surface area contributed by atoms with Crippen molar-refractivity contribution in [2.24, 2.45) is 0 Å². The Morgan fingerprint density at radius 2 is 2.21 bits per heavy atom. The van der Waals surface area contributed by atoms with Crippen LogP contribution in [0, 0.1) is 3.82 Å². The van der Waals surface area contributed by atoms with Gasteiger partial charge >= 0.3 is 0 Å². The van der Waals surface area contributed by atoms with Gasteiger partial charge in [-0.3, -0.25) is 9.97 Å². The van der Waals surface area contributed by atoms with E-state index >= 15 is 0 Å². The summed E-state index contributed by atoms with van der Waals surface area (Å²) in [6, 6.07) is 0. The van der Waals surface area contributed by atoms with Crippen LogP contribution in [0.2, 0.25) is 0 Å². The van der Waals surface area contributed by atoms with Gasteiger partial charge in [-0.05, 0) is 6.42 Å². The van der Waals surface area contributed by atoms with E-state index in [2.05, 4.69) is 16.9 Å². The van der Waals surface area contributed by atoms with Gasteiger partial charge in [0.15, 0.2) is 0 Å². The van der Waals surface area contributed by atoms with Crippen LogP contribution in [-0.4, -0.2) is 9.97 Å². The fourth-order valence-corrected chi connectivity index (χ4v) is 4.25. The maximum Gasteiger partial charge on any atom is 0.105 e. The lowest BCUT2D eigenvalue weighted by Gasteiger charge is -1.97. The third-order valence-corrected chi connectivity index (χ3v) is 5.04. The summed E-state index contributed by atoms with van der Waals surface area (Å²) in [6.45, 7) is 2.12. The molecule has 0 aliphatic heterocycles. The lowest BCUT2D eigenvalue weighted by molar-refractivity contribution is 1.14. The molecule has 0 aromatic carbocycles. The van der Waals surface area contributed by atoms with E-state index in [0.29, 0.717) is 0 Å². The van der Waals surface area contributed by atoms with E-state index in [9.17, 15) is 0 Å². The second-order valence-electron chi connectivity index (χ2n) is 2.71. The summed E-state index contributed by atoms with van der Waals surface area (Å²) in [7, 11) is 3.33. The minimum absolute atomic E-state index is 0.932. The van der Waals surface area contributed by atoms with Crippen molar-refractivity contribution in [1.29, 1.82) is 0 Å². The van der Waals surface area contributed by atoms with Gasteiger partial charge in [-0.25, -0.2) is 0 Å². The predicted molar refractivity (Wildman–Crippen MR) is 63.4 cm³/mol. The van der Waals surface area contributed by atoms with Gasteiger partial charge in [0.05, 0.1) is 16.8 Å². The van der Waals surface area contributed by atoms with Gasteiger partial charge in [-0.15, -0.1) is 0 Å². The molecular weight excluding hydrogens is 232 g/mol. The standard InChI is InChI=1S/C9H8N2S3/c1-2-6-8(13-14-9(6)12)7-5-10-3-4-11-7/h3-5H,2H2,1H3. The molecule has 0 fully saturated rings. The van der Waals surface area contributed by atoms with E-state index in [0.717, 1.165) is 15.9 Å². The van der Waals surface area contributed by atoms with E-state index in [1.807, 2.05) is 0 Å². The Morgan fingerprint density at radius 1 is 1.36 bits per heavy atom. The van der Waals surface area contributed by atoms with Crippen molar-refractivity contribution in [1.82, 2.24) is 9.97 Å². The summed E-state index contributed by atoms with van der Waals surface area (Å²) in [5, 5.41) is 0. The van der Waals surface area contributed by atoms with Crippen molar-refractivity contribution in [2.75, 3.05) is 0 Å². The Labute approximate surface area is 94.7 Å². The molecule has 2 heterocycles. The van der Waals surface area contributed by atoms with E-state index in [4.69, 9.17) is 12.2 Å². The number of nitrogens with zero attached hydrogens (tertiary/aromatic N) is 2. The molecule has 2 rings (SSSR count). The highest BCUT2D eigenvalue weighted by molar-refractivity contribution is 7.80. The molecule has 0 N–H and O–H groups in total. The zero-order valence-electron chi connectivity index (χ0n) is 7.56. The molecule has 0 amide bonds. The quantitative estimate of drug-likeness (QED) is 0.593. The normalized spacial score (nSPS) is 10.4. The smallest absolute Gasteiger partial charge is 0.105 e. The maximum absolute atomic E-state index is 5.25. The second kappa shape index (κ2) is 4.25. The van der Waals surface area contributed by atoms with Crippen LogP contribution in [0.5, 0.6) is 0 Å². The van der Waals surface area contributed by atoms with Crippen LogP contribution in [0.3, 0.4) is 0 Å². The molecule has 2 aromatic heterocycles. The van der Waals surface area contributed by atoms with Crippen LogP contribution in [0.4, 0.5) is 0 Å². The third kappa shape index (κ3) is 1.75. The molecule has 0 aliphatic carbocycles. The Morgan fingerprint density at radius 3 is 2.86 bits per heavy atom. The second-order valence-corrected chi connectivity index (χ2v) is 5.52. The molecule has 0 bridgehead atoms. The lowest BCUT2D eigenvalue weighted by atomic mass is 10.2. The predicted octanol–water partition coefficient (Wildman–Crippen LogP) is 3.56. The Bertz CT molecular complexity index is 472. The van der Waals surface area contributed by atoms with E-state index < -0.39 is 0 Å². The Balaban J connectivity index is 2.57. The molecule has 72 valence electrons. The topological polar surface area (TPSA) is 25.8 Å². The summed E-state index contributed by atoms with van der Waals surface area (Å²) < 4.78 is 0.984. The van der Waals surface area contributed by atoms with E-state index in [1.165, 1.54) is 10.4 Å². The van der Waals surface area contributed by atoms with Crippen LogP contribution < -0.4 is 0 Å². The summed E-state index contributed by atoms with van der Waals surface area (Å²) in [5.74, 6) is 0. The molecular formula is C9H8N2S3. The van der Waals surface area contributed by atoms with Crippen molar-refractivity contribution >= 4 is 32.9 Å². The number of hydrogen-bond donors (Lipinski definition) is 0. The van der Waals surface area contributed by atoms with Crippen LogP contribution in [0.15, 0.2) is 18.6 Å². The molecule has 0 saturated heterocycles. The van der Waals surface area contributed by atoms with Crippen molar-refractivity contribution in [3.05, 3.63) is 28.0 Å².